The number of methoxy groups -OCH3 is 1. The first kappa shape index (κ1) is 32.0. The Morgan fingerprint density at radius 3 is 2.26 bits per heavy atom. The van der Waals surface area contributed by atoms with Gasteiger partial charge in [-0.1, -0.05) is 54.2 Å². The fraction of sp³-hybridized carbons (Fsp3) is 0.462. The van der Waals surface area contributed by atoms with Gasteiger partial charge in [0, 0.05) is 41.7 Å². The molecule has 2 aromatic carbocycles. The van der Waals surface area contributed by atoms with Crippen molar-refractivity contribution < 1.29 is 22.7 Å². The van der Waals surface area contributed by atoms with Gasteiger partial charge < -0.3 is 15.0 Å². The molecule has 0 heterocycles. The molecular formula is C26H34Cl3N3O5S. The second kappa shape index (κ2) is 14.8. The Kier molecular flexibility index (Phi) is 12.5. The van der Waals surface area contributed by atoms with Crippen LogP contribution in [-0.4, -0.2) is 57.6 Å². The summed E-state index contributed by atoms with van der Waals surface area (Å²) in [4.78, 5) is 27.7. The van der Waals surface area contributed by atoms with Crippen LogP contribution >= 0.6 is 34.8 Å². The van der Waals surface area contributed by atoms with Crippen molar-refractivity contribution in [1.29, 1.82) is 0 Å². The molecule has 0 fully saturated rings. The third-order valence-electron chi connectivity index (χ3n) is 5.96. The average molecular weight is 607 g/mol. The van der Waals surface area contributed by atoms with Crippen LogP contribution in [0.4, 0.5) is 5.69 Å². The normalized spacial score (nSPS) is 12.1. The largest absolute Gasteiger partial charge is 0.495 e. The van der Waals surface area contributed by atoms with Crippen molar-refractivity contribution >= 4 is 62.3 Å². The number of carbonyl (C=O) groups excluding carboxylic acids is 2. The number of nitrogens with zero attached hydrogens (tertiary/aromatic N) is 2. The van der Waals surface area contributed by atoms with Crippen molar-refractivity contribution in [2.24, 2.45) is 0 Å². The molecule has 0 bridgehead atoms. The molecule has 0 aliphatic heterocycles. The van der Waals surface area contributed by atoms with Crippen molar-refractivity contribution in [2.75, 3.05) is 30.8 Å². The molecule has 210 valence electrons. The van der Waals surface area contributed by atoms with Crippen molar-refractivity contribution in [3.05, 3.63) is 57.0 Å². The molecular weight excluding hydrogens is 573 g/mol. The van der Waals surface area contributed by atoms with Gasteiger partial charge in [0.2, 0.25) is 21.8 Å². The Balaban J connectivity index is 2.22. The molecule has 0 radical (unpaired) electrons. The number of halogens is 3. The molecule has 0 aliphatic rings. The SMILES string of the molecule is CCCCNC(=O)C(C)N(Cc1c(Cl)cccc1Cl)C(=O)CCCN(c1ccc(OC)c(Cl)c1)S(C)(=O)=O. The van der Waals surface area contributed by atoms with E-state index < -0.39 is 16.1 Å². The highest BCUT2D eigenvalue weighted by Gasteiger charge is 2.28. The minimum absolute atomic E-state index is 0.00937. The van der Waals surface area contributed by atoms with Crippen LogP contribution in [0.1, 0.15) is 45.1 Å². The van der Waals surface area contributed by atoms with E-state index in [9.17, 15) is 18.0 Å². The van der Waals surface area contributed by atoms with E-state index in [4.69, 9.17) is 39.5 Å². The number of rotatable bonds is 14. The predicted octanol–water partition coefficient (Wildman–Crippen LogP) is 5.54. The van der Waals surface area contributed by atoms with E-state index in [-0.39, 0.29) is 42.8 Å². The Morgan fingerprint density at radius 1 is 1.05 bits per heavy atom. The van der Waals surface area contributed by atoms with E-state index in [0.717, 1.165) is 19.1 Å². The standard InChI is InChI=1S/C26H34Cl3N3O5S/c1-5-6-14-30-26(34)18(2)31(17-20-21(27)9-7-10-22(20)28)25(33)11-8-15-32(38(4,35)36)19-12-13-24(37-3)23(29)16-19/h7,9-10,12-13,16,18H,5-6,8,11,14-15,17H2,1-4H3,(H,30,34). The lowest BCUT2D eigenvalue weighted by molar-refractivity contribution is -0.140. The van der Waals surface area contributed by atoms with Crippen molar-refractivity contribution in [1.82, 2.24) is 10.2 Å². The number of amides is 2. The highest BCUT2D eigenvalue weighted by atomic mass is 35.5. The molecule has 1 atom stereocenters. The number of ether oxygens (including phenoxy) is 1. The van der Waals surface area contributed by atoms with Gasteiger partial charge >= 0.3 is 0 Å². The van der Waals surface area contributed by atoms with E-state index in [1.807, 2.05) is 6.92 Å². The minimum Gasteiger partial charge on any atom is -0.495 e. The number of benzene rings is 2. The highest BCUT2D eigenvalue weighted by Crippen LogP contribution is 2.31. The van der Waals surface area contributed by atoms with E-state index in [1.165, 1.54) is 22.4 Å². The summed E-state index contributed by atoms with van der Waals surface area (Å²) in [6, 6.07) is 8.90. The zero-order valence-corrected chi connectivity index (χ0v) is 25.1. The van der Waals surface area contributed by atoms with Gasteiger partial charge in [-0.05, 0) is 50.1 Å². The second-order valence-corrected chi connectivity index (χ2v) is 11.9. The summed E-state index contributed by atoms with van der Waals surface area (Å²) in [5.41, 5.74) is 0.886. The van der Waals surface area contributed by atoms with Gasteiger partial charge in [-0.2, -0.15) is 0 Å². The Labute approximate surface area is 240 Å². The van der Waals surface area contributed by atoms with Gasteiger partial charge in [0.25, 0.3) is 0 Å². The fourth-order valence-corrected chi connectivity index (χ4v) is 5.51. The van der Waals surface area contributed by atoms with E-state index in [2.05, 4.69) is 5.32 Å². The number of anilines is 1. The summed E-state index contributed by atoms with van der Waals surface area (Å²) in [6.07, 6.45) is 3.01. The molecule has 8 nitrogen and oxygen atoms in total. The molecule has 2 rings (SSSR count). The van der Waals surface area contributed by atoms with Crippen LogP contribution < -0.4 is 14.4 Å². The molecule has 0 saturated carbocycles. The Hall–Kier alpha value is -2.20. The molecule has 0 saturated heterocycles. The van der Waals surface area contributed by atoms with Crippen molar-refractivity contribution in [3.8, 4) is 5.75 Å². The lowest BCUT2D eigenvalue weighted by atomic mass is 10.1. The first-order chi connectivity index (χ1) is 17.9. The number of hydrogen-bond donors (Lipinski definition) is 1. The van der Waals surface area contributed by atoms with Gasteiger partial charge in [-0.25, -0.2) is 8.42 Å². The van der Waals surface area contributed by atoms with E-state index in [1.54, 1.807) is 37.3 Å². The third kappa shape index (κ3) is 8.93. The fourth-order valence-electron chi connectivity index (χ4n) is 3.79. The molecule has 38 heavy (non-hydrogen) atoms. The molecule has 1 N–H and O–H groups in total. The van der Waals surface area contributed by atoms with Crippen molar-refractivity contribution in [2.45, 2.75) is 52.1 Å². The number of unbranched alkanes of at least 4 members (excludes halogenated alkanes) is 1. The Bertz CT molecular complexity index is 1210. The van der Waals surface area contributed by atoms with E-state index in [0.29, 0.717) is 33.6 Å². The summed E-state index contributed by atoms with van der Waals surface area (Å²) in [7, 11) is -2.20. The van der Waals surface area contributed by atoms with Crippen LogP contribution in [0.25, 0.3) is 0 Å². The number of sulfonamides is 1. The second-order valence-electron chi connectivity index (χ2n) is 8.80. The average Bonchev–Trinajstić information content (AvgIpc) is 2.85. The highest BCUT2D eigenvalue weighted by molar-refractivity contribution is 7.92. The maximum atomic E-state index is 13.4. The smallest absolute Gasteiger partial charge is 0.242 e. The molecule has 0 aliphatic carbocycles. The summed E-state index contributed by atoms with van der Waals surface area (Å²) < 4.78 is 31.4. The summed E-state index contributed by atoms with van der Waals surface area (Å²) in [5.74, 6) is -0.208. The van der Waals surface area contributed by atoms with Crippen LogP contribution in [0.3, 0.4) is 0 Å². The molecule has 0 aromatic heterocycles. The molecule has 1 unspecified atom stereocenters. The van der Waals surface area contributed by atoms with Gasteiger partial charge in [0.15, 0.2) is 0 Å². The topological polar surface area (TPSA) is 96.0 Å². The van der Waals surface area contributed by atoms with Crippen molar-refractivity contribution in [3.63, 3.8) is 0 Å². The van der Waals surface area contributed by atoms with Crippen LogP contribution in [0, 0.1) is 0 Å². The number of hydrogen-bond acceptors (Lipinski definition) is 5. The number of nitrogens with one attached hydrogen (secondary N) is 1. The molecule has 12 heteroatoms. The first-order valence-electron chi connectivity index (χ1n) is 12.2. The zero-order valence-electron chi connectivity index (χ0n) is 22.0. The van der Waals surface area contributed by atoms with Crippen LogP contribution in [-0.2, 0) is 26.2 Å². The molecule has 2 amide bonds. The van der Waals surface area contributed by atoms with E-state index >= 15 is 0 Å². The molecule has 2 aromatic rings. The summed E-state index contributed by atoms with van der Waals surface area (Å²) in [6.45, 7) is 4.23. The predicted molar refractivity (Wildman–Crippen MR) is 154 cm³/mol. The lowest BCUT2D eigenvalue weighted by Gasteiger charge is -2.30. The summed E-state index contributed by atoms with van der Waals surface area (Å²) >= 11 is 18.9. The van der Waals surface area contributed by atoms with Gasteiger partial charge in [-0.15, -0.1) is 0 Å². The van der Waals surface area contributed by atoms with Gasteiger partial charge in [0.05, 0.1) is 24.1 Å². The quantitative estimate of drug-likeness (QED) is 0.285. The zero-order chi connectivity index (χ0) is 28.5. The Morgan fingerprint density at radius 2 is 1.71 bits per heavy atom. The van der Waals surface area contributed by atoms with Gasteiger partial charge in [0.1, 0.15) is 11.8 Å². The summed E-state index contributed by atoms with van der Waals surface area (Å²) in [5, 5.41) is 3.89. The molecule has 0 spiro atoms. The lowest BCUT2D eigenvalue weighted by Crippen LogP contribution is -2.48. The maximum absolute atomic E-state index is 13.4. The first-order valence-corrected chi connectivity index (χ1v) is 15.2. The van der Waals surface area contributed by atoms with Crippen LogP contribution in [0.15, 0.2) is 36.4 Å². The van der Waals surface area contributed by atoms with Gasteiger partial charge in [-0.3, -0.25) is 13.9 Å². The van der Waals surface area contributed by atoms with Crippen LogP contribution in [0.2, 0.25) is 15.1 Å². The third-order valence-corrected chi connectivity index (χ3v) is 8.16. The monoisotopic (exact) mass is 605 g/mol. The van der Waals surface area contributed by atoms with Crippen LogP contribution in [0.5, 0.6) is 5.75 Å². The number of carbonyl (C=O) groups is 2. The maximum Gasteiger partial charge on any atom is 0.242 e. The minimum atomic E-state index is -3.66.